The smallest absolute Gasteiger partial charge is 0.244 e. The summed E-state index contributed by atoms with van der Waals surface area (Å²) in [6.45, 7) is 2.15. The topological polar surface area (TPSA) is 78.1 Å². The summed E-state index contributed by atoms with van der Waals surface area (Å²) in [5, 5.41) is 6.39. The molecule has 0 radical (unpaired) electrons. The standard InChI is InChI=1S/C11H20N4O2S/c1-9-10(7-12-14-9)18(16,17)13-8-11(15(2)3)5-4-6-11/h7,13H,4-6,8H2,1-3H3,(H,12,14). The molecule has 2 rings (SSSR count). The molecule has 18 heavy (non-hydrogen) atoms. The van der Waals surface area contributed by atoms with Crippen LogP contribution in [0, 0.1) is 6.92 Å². The Labute approximate surface area is 108 Å². The molecule has 6 nitrogen and oxygen atoms in total. The number of rotatable bonds is 5. The van der Waals surface area contributed by atoms with Gasteiger partial charge in [0.25, 0.3) is 0 Å². The van der Waals surface area contributed by atoms with Gasteiger partial charge in [0.05, 0.1) is 11.9 Å². The van der Waals surface area contributed by atoms with Crippen LogP contribution in [0.4, 0.5) is 0 Å². The van der Waals surface area contributed by atoms with Crippen molar-refractivity contribution in [3.05, 3.63) is 11.9 Å². The largest absolute Gasteiger partial charge is 0.302 e. The number of nitrogens with zero attached hydrogens (tertiary/aromatic N) is 2. The molecule has 0 saturated heterocycles. The maximum atomic E-state index is 12.1. The molecule has 0 spiro atoms. The minimum Gasteiger partial charge on any atom is -0.302 e. The van der Waals surface area contributed by atoms with Gasteiger partial charge in [-0.05, 0) is 40.3 Å². The van der Waals surface area contributed by atoms with Gasteiger partial charge in [-0.1, -0.05) is 0 Å². The summed E-state index contributed by atoms with van der Waals surface area (Å²) in [7, 11) is 0.532. The first-order valence-corrected chi connectivity index (χ1v) is 7.53. The highest BCUT2D eigenvalue weighted by molar-refractivity contribution is 7.89. The molecule has 0 unspecified atom stereocenters. The Balaban J connectivity index is 2.08. The number of nitrogens with one attached hydrogen (secondary N) is 2. The molecule has 0 amide bonds. The van der Waals surface area contributed by atoms with Crippen molar-refractivity contribution in [3.63, 3.8) is 0 Å². The van der Waals surface area contributed by atoms with Crippen molar-refractivity contribution in [2.24, 2.45) is 0 Å². The Bertz CT molecular complexity index is 517. The fraction of sp³-hybridized carbons (Fsp3) is 0.727. The predicted octanol–water partition coefficient (Wildman–Crippen LogP) is 0.481. The zero-order valence-electron chi connectivity index (χ0n) is 11.0. The number of sulfonamides is 1. The maximum Gasteiger partial charge on any atom is 0.244 e. The highest BCUT2D eigenvalue weighted by atomic mass is 32.2. The molecular weight excluding hydrogens is 252 g/mol. The number of aromatic amines is 1. The van der Waals surface area contributed by atoms with Gasteiger partial charge in [-0.3, -0.25) is 5.10 Å². The van der Waals surface area contributed by atoms with Crippen LogP contribution in [-0.2, 0) is 10.0 Å². The third kappa shape index (κ3) is 2.30. The van der Waals surface area contributed by atoms with Crippen molar-refractivity contribution in [1.82, 2.24) is 19.8 Å². The quantitative estimate of drug-likeness (QED) is 0.817. The van der Waals surface area contributed by atoms with E-state index in [-0.39, 0.29) is 10.4 Å². The molecule has 1 heterocycles. The molecular formula is C11H20N4O2S. The van der Waals surface area contributed by atoms with Crippen molar-refractivity contribution in [1.29, 1.82) is 0 Å². The van der Waals surface area contributed by atoms with Gasteiger partial charge < -0.3 is 4.90 Å². The van der Waals surface area contributed by atoms with Crippen LogP contribution in [0.1, 0.15) is 25.0 Å². The normalized spacial score (nSPS) is 18.9. The highest BCUT2D eigenvalue weighted by Crippen LogP contribution is 2.35. The fourth-order valence-corrected chi connectivity index (χ4v) is 3.54. The second-order valence-electron chi connectivity index (χ2n) is 5.16. The van der Waals surface area contributed by atoms with Crippen LogP contribution in [0.3, 0.4) is 0 Å². The van der Waals surface area contributed by atoms with Gasteiger partial charge in [0.15, 0.2) is 0 Å². The van der Waals surface area contributed by atoms with Gasteiger partial charge in [0.2, 0.25) is 10.0 Å². The van der Waals surface area contributed by atoms with E-state index in [0.29, 0.717) is 12.2 Å². The summed E-state index contributed by atoms with van der Waals surface area (Å²) in [5.74, 6) is 0. The zero-order chi connectivity index (χ0) is 13.4. The molecule has 1 aromatic rings. The Kier molecular flexibility index (Phi) is 3.48. The van der Waals surface area contributed by atoms with Crippen LogP contribution in [-0.4, -0.2) is 49.7 Å². The van der Waals surface area contributed by atoms with Crippen LogP contribution < -0.4 is 4.72 Å². The molecule has 0 aliphatic heterocycles. The van der Waals surface area contributed by atoms with Gasteiger partial charge in [-0.25, -0.2) is 13.1 Å². The lowest BCUT2D eigenvalue weighted by molar-refractivity contribution is 0.0657. The van der Waals surface area contributed by atoms with E-state index in [1.54, 1.807) is 6.92 Å². The number of hydrogen-bond acceptors (Lipinski definition) is 4. The second-order valence-corrected chi connectivity index (χ2v) is 6.89. The van der Waals surface area contributed by atoms with Gasteiger partial charge in [0.1, 0.15) is 4.90 Å². The van der Waals surface area contributed by atoms with Gasteiger partial charge in [0, 0.05) is 12.1 Å². The Hall–Kier alpha value is -0.920. The number of aromatic nitrogens is 2. The van der Waals surface area contributed by atoms with Crippen molar-refractivity contribution >= 4 is 10.0 Å². The molecule has 102 valence electrons. The lowest BCUT2D eigenvalue weighted by atomic mass is 9.76. The minimum atomic E-state index is -3.46. The SMILES string of the molecule is Cc1[nH]ncc1S(=O)(=O)NCC1(N(C)C)CCC1. The summed E-state index contributed by atoms with van der Waals surface area (Å²) in [4.78, 5) is 2.34. The van der Waals surface area contributed by atoms with Crippen LogP contribution in [0.2, 0.25) is 0 Å². The molecule has 7 heteroatoms. The summed E-state index contributed by atoms with van der Waals surface area (Å²) in [5.41, 5.74) is 0.542. The molecule has 1 fully saturated rings. The van der Waals surface area contributed by atoms with Crippen LogP contribution >= 0.6 is 0 Å². The number of hydrogen-bond donors (Lipinski definition) is 2. The van der Waals surface area contributed by atoms with Gasteiger partial charge in [-0.2, -0.15) is 5.10 Å². The van der Waals surface area contributed by atoms with E-state index in [9.17, 15) is 8.42 Å². The van der Waals surface area contributed by atoms with Gasteiger partial charge >= 0.3 is 0 Å². The number of aryl methyl sites for hydroxylation is 1. The third-order valence-corrected chi connectivity index (χ3v) is 5.41. The molecule has 2 N–H and O–H groups in total. The molecule has 1 aromatic heterocycles. The summed E-state index contributed by atoms with van der Waals surface area (Å²) >= 11 is 0. The van der Waals surface area contributed by atoms with E-state index in [2.05, 4.69) is 19.8 Å². The van der Waals surface area contributed by atoms with Crippen LogP contribution in [0.25, 0.3) is 0 Å². The minimum absolute atomic E-state index is 0.0231. The average Bonchev–Trinajstić information content (AvgIpc) is 2.62. The molecule has 0 aromatic carbocycles. The van der Waals surface area contributed by atoms with Crippen molar-refractivity contribution < 1.29 is 8.42 Å². The van der Waals surface area contributed by atoms with Crippen molar-refractivity contribution in [2.45, 2.75) is 36.6 Å². The fourth-order valence-electron chi connectivity index (χ4n) is 2.28. The summed E-state index contributed by atoms with van der Waals surface area (Å²) in [6, 6.07) is 0. The Morgan fingerprint density at radius 2 is 2.17 bits per heavy atom. The molecule has 0 atom stereocenters. The lowest BCUT2D eigenvalue weighted by Crippen LogP contribution is -2.57. The first-order chi connectivity index (χ1) is 8.37. The Morgan fingerprint density at radius 3 is 2.56 bits per heavy atom. The second kappa shape index (κ2) is 4.64. The van der Waals surface area contributed by atoms with Crippen molar-refractivity contribution in [3.8, 4) is 0 Å². The molecule has 1 saturated carbocycles. The Morgan fingerprint density at radius 1 is 1.50 bits per heavy atom. The van der Waals surface area contributed by atoms with Gasteiger partial charge in [-0.15, -0.1) is 0 Å². The third-order valence-electron chi connectivity index (χ3n) is 3.90. The first kappa shape index (κ1) is 13.5. The summed E-state index contributed by atoms with van der Waals surface area (Å²) < 4.78 is 27.0. The highest BCUT2D eigenvalue weighted by Gasteiger charge is 2.40. The van der Waals surface area contributed by atoms with E-state index in [4.69, 9.17) is 0 Å². The lowest BCUT2D eigenvalue weighted by Gasteiger charge is -2.47. The van der Waals surface area contributed by atoms with Crippen LogP contribution in [0.5, 0.6) is 0 Å². The van der Waals surface area contributed by atoms with E-state index in [0.717, 1.165) is 19.3 Å². The summed E-state index contributed by atoms with van der Waals surface area (Å²) in [6.07, 6.45) is 4.57. The first-order valence-electron chi connectivity index (χ1n) is 6.04. The predicted molar refractivity (Wildman–Crippen MR) is 68.8 cm³/mol. The van der Waals surface area contributed by atoms with E-state index >= 15 is 0 Å². The van der Waals surface area contributed by atoms with E-state index in [1.807, 2.05) is 14.1 Å². The van der Waals surface area contributed by atoms with E-state index in [1.165, 1.54) is 6.20 Å². The average molecular weight is 272 g/mol. The monoisotopic (exact) mass is 272 g/mol. The van der Waals surface area contributed by atoms with Crippen LogP contribution in [0.15, 0.2) is 11.1 Å². The van der Waals surface area contributed by atoms with Crippen molar-refractivity contribution in [2.75, 3.05) is 20.6 Å². The zero-order valence-corrected chi connectivity index (χ0v) is 11.8. The number of H-pyrrole nitrogens is 1. The maximum absolute atomic E-state index is 12.1. The molecule has 1 aliphatic carbocycles. The molecule has 0 bridgehead atoms. The van der Waals surface area contributed by atoms with E-state index < -0.39 is 10.0 Å². The molecule has 1 aliphatic rings. The number of likely N-dealkylation sites (N-methyl/N-ethyl adjacent to an activating group) is 1.